The summed E-state index contributed by atoms with van der Waals surface area (Å²) in [6.45, 7) is 1.73. The number of nitrogens with one attached hydrogen (secondary N) is 3. The molecule has 0 bridgehead atoms. The molecule has 11 nitrogen and oxygen atoms in total. The summed E-state index contributed by atoms with van der Waals surface area (Å²) in [5.74, 6) is -0.111. The number of aromatic amines is 1. The Balaban J connectivity index is 1.67. The molecule has 2 aromatic heterocycles. The third kappa shape index (κ3) is 4.36. The number of carbonyl (C=O) groups excluding carboxylic acids is 1. The molecule has 134 valence electrons. The zero-order chi connectivity index (χ0) is 18.6. The molecule has 1 aromatic carbocycles. The van der Waals surface area contributed by atoms with E-state index >= 15 is 0 Å². The maximum absolute atomic E-state index is 12.4. The van der Waals surface area contributed by atoms with Gasteiger partial charge in [0.15, 0.2) is 5.82 Å². The number of sulfonamides is 1. The van der Waals surface area contributed by atoms with Crippen LogP contribution in [-0.4, -0.2) is 44.9 Å². The Morgan fingerprint density at radius 2 is 1.96 bits per heavy atom. The van der Waals surface area contributed by atoms with Crippen LogP contribution in [0.25, 0.3) is 0 Å². The molecule has 0 atom stereocenters. The van der Waals surface area contributed by atoms with Gasteiger partial charge in [-0.05, 0) is 37.3 Å². The molecule has 0 unspecified atom stereocenters. The summed E-state index contributed by atoms with van der Waals surface area (Å²) in [7, 11) is -3.84. The summed E-state index contributed by atoms with van der Waals surface area (Å²) in [5.41, 5.74) is 1.07. The van der Waals surface area contributed by atoms with E-state index in [1.165, 1.54) is 30.5 Å². The Hall–Kier alpha value is -3.41. The minimum absolute atomic E-state index is 0.0116. The van der Waals surface area contributed by atoms with Crippen LogP contribution in [0.15, 0.2) is 41.4 Å². The van der Waals surface area contributed by atoms with Crippen LogP contribution in [-0.2, 0) is 21.2 Å². The van der Waals surface area contributed by atoms with Crippen LogP contribution in [0.4, 0.5) is 11.6 Å². The second-order valence-corrected chi connectivity index (χ2v) is 6.89. The highest BCUT2D eigenvalue weighted by molar-refractivity contribution is 7.92. The lowest BCUT2D eigenvalue weighted by atomic mass is 10.3. The van der Waals surface area contributed by atoms with Gasteiger partial charge in [0, 0.05) is 17.6 Å². The lowest BCUT2D eigenvalue weighted by molar-refractivity contribution is -0.115. The number of benzene rings is 1. The van der Waals surface area contributed by atoms with E-state index in [0.717, 1.165) is 0 Å². The fourth-order valence-electron chi connectivity index (χ4n) is 2.00. The summed E-state index contributed by atoms with van der Waals surface area (Å²) >= 11 is 0. The maximum atomic E-state index is 12.4. The second-order valence-electron chi connectivity index (χ2n) is 5.20. The molecule has 0 radical (unpaired) electrons. The first-order valence-electron chi connectivity index (χ1n) is 7.37. The van der Waals surface area contributed by atoms with Crippen molar-refractivity contribution in [2.45, 2.75) is 18.2 Å². The summed E-state index contributed by atoms with van der Waals surface area (Å²) in [5, 5.41) is 15.6. The lowest BCUT2D eigenvalue weighted by Crippen LogP contribution is -2.16. The van der Waals surface area contributed by atoms with Crippen LogP contribution < -0.4 is 10.0 Å². The Bertz CT molecular complexity index is 1000. The van der Waals surface area contributed by atoms with Gasteiger partial charge in [-0.1, -0.05) is 5.21 Å². The van der Waals surface area contributed by atoms with E-state index in [2.05, 4.69) is 40.6 Å². The van der Waals surface area contributed by atoms with Gasteiger partial charge in [-0.2, -0.15) is 5.21 Å². The lowest BCUT2D eigenvalue weighted by Gasteiger charge is -2.08. The van der Waals surface area contributed by atoms with Gasteiger partial charge >= 0.3 is 0 Å². The minimum Gasteiger partial charge on any atom is -0.326 e. The third-order valence-corrected chi connectivity index (χ3v) is 4.52. The minimum atomic E-state index is -3.84. The number of aryl methyl sites for hydroxylation is 1. The van der Waals surface area contributed by atoms with Crippen molar-refractivity contribution in [2.24, 2.45) is 0 Å². The molecule has 3 rings (SSSR count). The molecule has 1 amide bonds. The summed E-state index contributed by atoms with van der Waals surface area (Å²) in [4.78, 5) is 19.7. The molecule has 0 aliphatic rings. The van der Waals surface area contributed by atoms with E-state index in [-0.39, 0.29) is 29.0 Å². The predicted octanol–water partition coefficient (Wildman–Crippen LogP) is 0.280. The number of aromatic nitrogens is 6. The highest BCUT2D eigenvalue weighted by Gasteiger charge is 2.16. The Kier molecular flexibility index (Phi) is 4.84. The molecule has 3 aromatic rings. The van der Waals surface area contributed by atoms with Crippen molar-refractivity contribution in [3.63, 3.8) is 0 Å². The van der Waals surface area contributed by atoms with E-state index in [0.29, 0.717) is 11.4 Å². The number of hydrogen-bond donors (Lipinski definition) is 3. The molecule has 12 heteroatoms. The first-order chi connectivity index (χ1) is 12.4. The van der Waals surface area contributed by atoms with E-state index in [1.807, 2.05) is 0 Å². The molecule has 2 heterocycles. The number of rotatable bonds is 6. The highest BCUT2D eigenvalue weighted by Crippen LogP contribution is 2.16. The van der Waals surface area contributed by atoms with Crippen molar-refractivity contribution in [1.29, 1.82) is 0 Å². The molecule has 0 fully saturated rings. The number of nitrogens with zero attached hydrogens (tertiary/aromatic N) is 5. The zero-order valence-corrected chi connectivity index (χ0v) is 14.4. The third-order valence-electron chi connectivity index (χ3n) is 3.18. The van der Waals surface area contributed by atoms with Crippen molar-refractivity contribution in [3.05, 3.63) is 48.0 Å². The second kappa shape index (κ2) is 7.23. The molecule has 3 N–H and O–H groups in total. The summed E-state index contributed by atoms with van der Waals surface area (Å²) in [6.07, 6.45) is 1.41. The van der Waals surface area contributed by atoms with Gasteiger partial charge in [-0.15, -0.1) is 10.2 Å². The van der Waals surface area contributed by atoms with Crippen molar-refractivity contribution < 1.29 is 13.2 Å². The zero-order valence-electron chi connectivity index (χ0n) is 13.5. The molecular weight excluding hydrogens is 360 g/mol. The number of hydrogen-bond acceptors (Lipinski definition) is 8. The SMILES string of the molecule is Cc1ccnc(NS(=O)(=O)c2ccc(NC(=O)Cc3nn[nH]n3)cc2)n1. The molecular formula is C14H14N8O3S. The maximum Gasteiger partial charge on any atom is 0.264 e. The van der Waals surface area contributed by atoms with Crippen molar-refractivity contribution >= 4 is 27.6 Å². The number of H-pyrrole nitrogens is 1. The fourth-order valence-corrected chi connectivity index (χ4v) is 2.95. The van der Waals surface area contributed by atoms with Crippen molar-refractivity contribution in [3.8, 4) is 0 Å². The normalized spacial score (nSPS) is 11.1. The predicted molar refractivity (Wildman–Crippen MR) is 90.5 cm³/mol. The molecule has 0 spiro atoms. The fraction of sp³-hybridized carbons (Fsp3) is 0.143. The average molecular weight is 374 g/mol. The molecule has 0 saturated heterocycles. The Labute approximate surface area is 148 Å². The topological polar surface area (TPSA) is 156 Å². The van der Waals surface area contributed by atoms with Gasteiger partial charge in [-0.3, -0.25) is 4.79 Å². The molecule has 26 heavy (non-hydrogen) atoms. The van der Waals surface area contributed by atoms with Crippen LogP contribution in [0.1, 0.15) is 11.5 Å². The van der Waals surface area contributed by atoms with Gasteiger partial charge in [0.2, 0.25) is 11.9 Å². The summed E-state index contributed by atoms with van der Waals surface area (Å²) in [6, 6.07) is 7.33. The van der Waals surface area contributed by atoms with Crippen LogP contribution in [0, 0.1) is 6.92 Å². The standard InChI is InChI=1S/C14H14N8O3S/c1-9-6-7-15-14(16-9)20-26(24,25)11-4-2-10(3-5-11)17-13(23)8-12-18-21-22-19-12/h2-7H,8H2,1H3,(H,17,23)(H,15,16,20)(H,18,19,21,22). The van der Waals surface area contributed by atoms with Gasteiger partial charge in [0.1, 0.15) is 0 Å². The first-order valence-corrected chi connectivity index (χ1v) is 8.85. The van der Waals surface area contributed by atoms with Crippen LogP contribution in [0.2, 0.25) is 0 Å². The van der Waals surface area contributed by atoms with Crippen molar-refractivity contribution in [1.82, 2.24) is 30.6 Å². The quantitative estimate of drug-likeness (QED) is 0.555. The Morgan fingerprint density at radius 3 is 2.62 bits per heavy atom. The smallest absolute Gasteiger partial charge is 0.264 e. The number of carbonyl (C=O) groups is 1. The van der Waals surface area contributed by atoms with Gasteiger partial charge in [-0.25, -0.2) is 23.1 Å². The van der Waals surface area contributed by atoms with Gasteiger partial charge in [0.05, 0.1) is 11.3 Å². The summed E-state index contributed by atoms with van der Waals surface area (Å²) < 4.78 is 27.0. The molecule has 0 saturated carbocycles. The van der Waals surface area contributed by atoms with Crippen LogP contribution in [0.5, 0.6) is 0 Å². The van der Waals surface area contributed by atoms with Crippen LogP contribution in [0.3, 0.4) is 0 Å². The van der Waals surface area contributed by atoms with Crippen molar-refractivity contribution in [2.75, 3.05) is 10.0 Å². The Morgan fingerprint density at radius 1 is 1.19 bits per heavy atom. The van der Waals surface area contributed by atoms with E-state index in [4.69, 9.17) is 0 Å². The number of tetrazole rings is 1. The highest BCUT2D eigenvalue weighted by atomic mass is 32.2. The molecule has 0 aliphatic carbocycles. The largest absolute Gasteiger partial charge is 0.326 e. The first kappa shape index (κ1) is 17.4. The van der Waals surface area contributed by atoms with Gasteiger partial charge < -0.3 is 5.32 Å². The van der Waals surface area contributed by atoms with Gasteiger partial charge in [0.25, 0.3) is 10.0 Å². The van der Waals surface area contributed by atoms with Crippen LogP contribution >= 0.6 is 0 Å². The molecule has 0 aliphatic heterocycles. The van der Waals surface area contributed by atoms with E-state index in [9.17, 15) is 13.2 Å². The van der Waals surface area contributed by atoms with E-state index in [1.54, 1.807) is 13.0 Å². The van der Waals surface area contributed by atoms with E-state index < -0.39 is 10.0 Å². The average Bonchev–Trinajstić information content (AvgIpc) is 3.07. The number of anilines is 2. The monoisotopic (exact) mass is 374 g/mol. The number of amides is 1.